The Balaban J connectivity index is 1.71. The predicted molar refractivity (Wildman–Crippen MR) is 125 cm³/mol. The molecule has 0 aliphatic heterocycles. The third-order valence-corrected chi connectivity index (χ3v) is 5.43. The predicted octanol–water partition coefficient (Wildman–Crippen LogP) is 6.89. The number of ether oxygens (including phenoxy) is 1. The highest BCUT2D eigenvalue weighted by atomic mass is 19.1. The molecule has 4 nitrogen and oxygen atoms in total. The summed E-state index contributed by atoms with van der Waals surface area (Å²) in [5.74, 6) is -0.762. The first-order chi connectivity index (χ1) is 15.5. The van der Waals surface area contributed by atoms with E-state index in [0.29, 0.717) is 17.8 Å². The van der Waals surface area contributed by atoms with Gasteiger partial charge in [-0.15, -0.1) is 0 Å². The third-order valence-electron chi connectivity index (χ3n) is 5.43. The van der Waals surface area contributed by atoms with Gasteiger partial charge in [0.25, 0.3) is 0 Å². The molecule has 0 aliphatic rings. The van der Waals surface area contributed by atoms with Crippen LogP contribution in [0.5, 0.6) is 5.75 Å². The van der Waals surface area contributed by atoms with Crippen molar-refractivity contribution in [3.05, 3.63) is 83.7 Å². The van der Waals surface area contributed by atoms with Crippen LogP contribution in [0, 0.1) is 12.7 Å². The Morgan fingerprint density at radius 1 is 1.03 bits per heavy atom. The van der Waals surface area contributed by atoms with Gasteiger partial charge in [0.2, 0.25) is 0 Å². The molecule has 0 radical (unpaired) electrons. The molecule has 0 unspecified atom stereocenters. The standard InChI is InChI=1S/C27H24FNO3/c1-3-4-12-32-21-7-5-6-18(14-21)22-10-8-19(13-17(22)2)26-16-24(27(30)31)23-15-20(28)9-11-25(23)29-26/h5-11,13-16H,3-4,12H2,1-2H3,(H,30,31). The van der Waals surface area contributed by atoms with Crippen LogP contribution in [0.1, 0.15) is 35.7 Å². The van der Waals surface area contributed by atoms with Crippen molar-refractivity contribution in [3.63, 3.8) is 0 Å². The van der Waals surface area contributed by atoms with Gasteiger partial charge in [0, 0.05) is 10.9 Å². The molecule has 0 bridgehead atoms. The lowest BCUT2D eigenvalue weighted by molar-refractivity contribution is 0.0699. The van der Waals surface area contributed by atoms with Crippen LogP contribution in [0.25, 0.3) is 33.3 Å². The fourth-order valence-corrected chi connectivity index (χ4v) is 3.76. The first kappa shape index (κ1) is 21.5. The van der Waals surface area contributed by atoms with Gasteiger partial charge in [0.05, 0.1) is 23.4 Å². The summed E-state index contributed by atoms with van der Waals surface area (Å²) in [4.78, 5) is 16.4. The molecule has 0 saturated heterocycles. The van der Waals surface area contributed by atoms with E-state index in [4.69, 9.17) is 4.74 Å². The SMILES string of the molecule is CCCCOc1cccc(-c2ccc(-c3cc(C(=O)O)c4cc(F)ccc4n3)cc2C)c1. The Bertz CT molecular complexity index is 1300. The Morgan fingerprint density at radius 2 is 1.88 bits per heavy atom. The number of aromatic carboxylic acids is 1. The largest absolute Gasteiger partial charge is 0.494 e. The molecule has 1 heterocycles. The number of aryl methyl sites for hydroxylation is 1. The summed E-state index contributed by atoms with van der Waals surface area (Å²) in [5.41, 5.74) is 4.96. The molecule has 1 N–H and O–H groups in total. The Labute approximate surface area is 186 Å². The van der Waals surface area contributed by atoms with E-state index in [2.05, 4.69) is 11.9 Å². The van der Waals surface area contributed by atoms with Gasteiger partial charge in [-0.1, -0.05) is 37.6 Å². The normalized spacial score (nSPS) is 11.0. The van der Waals surface area contributed by atoms with E-state index >= 15 is 0 Å². The number of nitrogens with zero attached hydrogens (tertiary/aromatic N) is 1. The van der Waals surface area contributed by atoms with Gasteiger partial charge in [0.1, 0.15) is 11.6 Å². The van der Waals surface area contributed by atoms with Crippen LogP contribution < -0.4 is 4.74 Å². The van der Waals surface area contributed by atoms with Gasteiger partial charge in [-0.25, -0.2) is 14.2 Å². The quantitative estimate of drug-likeness (QED) is 0.325. The van der Waals surface area contributed by atoms with E-state index in [0.717, 1.165) is 40.8 Å². The molecule has 0 fully saturated rings. The zero-order chi connectivity index (χ0) is 22.7. The number of carboxylic acids is 1. The second-order valence-electron chi connectivity index (χ2n) is 7.78. The first-order valence-corrected chi connectivity index (χ1v) is 10.6. The van der Waals surface area contributed by atoms with Gasteiger partial charge >= 0.3 is 5.97 Å². The molecule has 0 amide bonds. The summed E-state index contributed by atoms with van der Waals surface area (Å²) < 4.78 is 19.5. The summed E-state index contributed by atoms with van der Waals surface area (Å²) in [6.07, 6.45) is 2.10. The monoisotopic (exact) mass is 429 g/mol. The lowest BCUT2D eigenvalue weighted by atomic mass is 9.96. The maximum Gasteiger partial charge on any atom is 0.336 e. The topological polar surface area (TPSA) is 59.4 Å². The molecule has 4 rings (SSSR count). The summed E-state index contributed by atoms with van der Waals surface area (Å²) in [5, 5.41) is 9.92. The number of hydrogen-bond donors (Lipinski definition) is 1. The molecule has 5 heteroatoms. The van der Waals surface area contributed by atoms with E-state index in [1.807, 2.05) is 49.4 Å². The molecular formula is C27H24FNO3. The van der Waals surface area contributed by atoms with E-state index in [1.165, 1.54) is 24.3 Å². The Morgan fingerprint density at radius 3 is 2.62 bits per heavy atom. The minimum atomic E-state index is -1.11. The summed E-state index contributed by atoms with van der Waals surface area (Å²) in [7, 11) is 0. The summed E-state index contributed by atoms with van der Waals surface area (Å²) >= 11 is 0. The zero-order valence-electron chi connectivity index (χ0n) is 18.1. The fraction of sp³-hybridized carbons (Fsp3) is 0.185. The minimum Gasteiger partial charge on any atom is -0.494 e. The number of fused-ring (bicyclic) bond motifs is 1. The highest BCUT2D eigenvalue weighted by Gasteiger charge is 2.15. The molecule has 1 aromatic heterocycles. The maximum atomic E-state index is 13.6. The molecule has 4 aromatic rings. The van der Waals surface area contributed by atoms with Crippen LogP contribution in [-0.2, 0) is 0 Å². The van der Waals surface area contributed by atoms with Crippen LogP contribution >= 0.6 is 0 Å². The van der Waals surface area contributed by atoms with Crippen molar-refractivity contribution < 1.29 is 19.0 Å². The minimum absolute atomic E-state index is 0.0307. The van der Waals surface area contributed by atoms with Crippen LogP contribution in [-0.4, -0.2) is 22.7 Å². The molecule has 0 atom stereocenters. The molecule has 0 aliphatic carbocycles. The van der Waals surface area contributed by atoms with E-state index < -0.39 is 11.8 Å². The van der Waals surface area contributed by atoms with Gasteiger partial charge in [0.15, 0.2) is 0 Å². The van der Waals surface area contributed by atoms with Crippen molar-refractivity contribution in [3.8, 4) is 28.1 Å². The molecule has 32 heavy (non-hydrogen) atoms. The highest BCUT2D eigenvalue weighted by Crippen LogP contribution is 2.31. The number of hydrogen-bond acceptors (Lipinski definition) is 3. The number of benzene rings is 3. The molecule has 0 spiro atoms. The molecule has 162 valence electrons. The number of halogens is 1. The fourth-order valence-electron chi connectivity index (χ4n) is 3.76. The number of carboxylic acid groups (broad SMARTS) is 1. The average molecular weight is 429 g/mol. The lowest BCUT2D eigenvalue weighted by Crippen LogP contribution is -2.01. The summed E-state index contributed by atoms with van der Waals surface area (Å²) in [6, 6.07) is 19.4. The summed E-state index contributed by atoms with van der Waals surface area (Å²) in [6.45, 7) is 4.84. The van der Waals surface area contributed by atoms with E-state index in [1.54, 1.807) is 0 Å². The van der Waals surface area contributed by atoms with Crippen LogP contribution in [0.4, 0.5) is 4.39 Å². The van der Waals surface area contributed by atoms with Crippen molar-refractivity contribution in [2.45, 2.75) is 26.7 Å². The molecular weight excluding hydrogens is 405 g/mol. The Kier molecular flexibility index (Phi) is 6.17. The van der Waals surface area contributed by atoms with Gasteiger partial charge in [-0.05, 0) is 72.5 Å². The number of pyridine rings is 1. The third kappa shape index (κ3) is 4.47. The van der Waals surface area contributed by atoms with Crippen molar-refractivity contribution in [1.29, 1.82) is 0 Å². The maximum absolute atomic E-state index is 13.6. The number of carbonyl (C=O) groups is 1. The lowest BCUT2D eigenvalue weighted by Gasteiger charge is -2.12. The Hall–Kier alpha value is -3.73. The van der Waals surface area contributed by atoms with Crippen molar-refractivity contribution >= 4 is 16.9 Å². The molecule has 0 saturated carbocycles. The average Bonchev–Trinajstić information content (AvgIpc) is 2.78. The van der Waals surface area contributed by atoms with Crippen molar-refractivity contribution in [2.75, 3.05) is 6.61 Å². The number of rotatable bonds is 7. The second-order valence-corrected chi connectivity index (χ2v) is 7.78. The van der Waals surface area contributed by atoms with Crippen LogP contribution in [0.3, 0.4) is 0 Å². The number of aromatic nitrogens is 1. The first-order valence-electron chi connectivity index (χ1n) is 10.6. The van der Waals surface area contributed by atoms with Crippen LogP contribution in [0.2, 0.25) is 0 Å². The smallest absolute Gasteiger partial charge is 0.336 e. The van der Waals surface area contributed by atoms with Gasteiger partial charge in [-0.3, -0.25) is 0 Å². The van der Waals surface area contributed by atoms with Crippen molar-refractivity contribution in [2.24, 2.45) is 0 Å². The van der Waals surface area contributed by atoms with Crippen molar-refractivity contribution in [1.82, 2.24) is 4.98 Å². The molecule has 3 aromatic carbocycles. The van der Waals surface area contributed by atoms with Crippen LogP contribution in [0.15, 0.2) is 66.7 Å². The van der Waals surface area contributed by atoms with E-state index in [9.17, 15) is 14.3 Å². The zero-order valence-corrected chi connectivity index (χ0v) is 18.1. The second kappa shape index (κ2) is 9.18. The van der Waals surface area contributed by atoms with E-state index in [-0.39, 0.29) is 10.9 Å². The van der Waals surface area contributed by atoms with Gasteiger partial charge < -0.3 is 9.84 Å². The number of unbranched alkanes of at least 4 members (excludes halogenated alkanes) is 1. The van der Waals surface area contributed by atoms with Gasteiger partial charge in [-0.2, -0.15) is 0 Å². The highest BCUT2D eigenvalue weighted by molar-refractivity contribution is 6.03.